The highest BCUT2D eigenvalue weighted by Crippen LogP contribution is 2.28. The van der Waals surface area contributed by atoms with Crippen molar-refractivity contribution in [2.45, 2.75) is 33.8 Å². The number of rotatable bonds is 2. The van der Waals surface area contributed by atoms with Gasteiger partial charge >= 0.3 is 0 Å². The number of hydrogen-bond donors (Lipinski definition) is 2. The van der Waals surface area contributed by atoms with Crippen LogP contribution in [0.5, 0.6) is 5.75 Å². The highest BCUT2D eigenvalue weighted by molar-refractivity contribution is 5.42. The van der Waals surface area contributed by atoms with Gasteiger partial charge in [-0.1, -0.05) is 13.8 Å². The van der Waals surface area contributed by atoms with Gasteiger partial charge in [0.15, 0.2) is 0 Å². The molecule has 1 atom stereocenters. The van der Waals surface area contributed by atoms with Gasteiger partial charge in [0, 0.05) is 0 Å². The van der Waals surface area contributed by atoms with E-state index in [2.05, 4.69) is 0 Å². The van der Waals surface area contributed by atoms with Crippen LogP contribution in [0, 0.1) is 19.8 Å². The standard InChI is InChI=1S/C12H18O2/c1-7(2)11(13)10-5-8(3)12(14)9(4)6-10/h5-7,11,13-14H,1-4H3. The fraction of sp³-hybridized carbons (Fsp3) is 0.500. The molecule has 0 aliphatic rings. The van der Waals surface area contributed by atoms with Gasteiger partial charge in [-0.05, 0) is 48.6 Å². The summed E-state index contributed by atoms with van der Waals surface area (Å²) in [4.78, 5) is 0. The lowest BCUT2D eigenvalue weighted by Crippen LogP contribution is -2.06. The van der Waals surface area contributed by atoms with E-state index in [-0.39, 0.29) is 5.92 Å². The van der Waals surface area contributed by atoms with Crippen molar-refractivity contribution in [1.82, 2.24) is 0 Å². The average Bonchev–Trinajstić information content (AvgIpc) is 2.12. The van der Waals surface area contributed by atoms with E-state index in [0.29, 0.717) is 5.75 Å². The van der Waals surface area contributed by atoms with Crippen molar-refractivity contribution in [3.63, 3.8) is 0 Å². The van der Waals surface area contributed by atoms with E-state index in [9.17, 15) is 10.2 Å². The summed E-state index contributed by atoms with van der Waals surface area (Å²) >= 11 is 0. The van der Waals surface area contributed by atoms with E-state index in [1.807, 2.05) is 39.8 Å². The monoisotopic (exact) mass is 194 g/mol. The summed E-state index contributed by atoms with van der Waals surface area (Å²) in [6.07, 6.45) is -0.451. The first-order valence-corrected chi connectivity index (χ1v) is 4.91. The molecule has 2 nitrogen and oxygen atoms in total. The lowest BCUT2D eigenvalue weighted by Gasteiger charge is -2.16. The molecule has 2 N–H and O–H groups in total. The van der Waals surface area contributed by atoms with E-state index in [4.69, 9.17) is 0 Å². The first kappa shape index (κ1) is 11.1. The smallest absolute Gasteiger partial charge is 0.121 e. The zero-order valence-corrected chi connectivity index (χ0v) is 9.20. The quantitative estimate of drug-likeness (QED) is 0.760. The molecule has 1 rings (SSSR count). The van der Waals surface area contributed by atoms with Gasteiger partial charge in [0.2, 0.25) is 0 Å². The SMILES string of the molecule is Cc1cc(C(O)C(C)C)cc(C)c1O. The van der Waals surface area contributed by atoms with E-state index in [1.165, 1.54) is 0 Å². The largest absolute Gasteiger partial charge is 0.507 e. The predicted molar refractivity (Wildman–Crippen MR) is 57.4 cm³/mol. The number of aryl methyl sites for hydroxylation is 2. The predicted octanol–water partition coefficient (Wildman–Crippen LogP) is 2.70. The van der Waals surface area contributed by atoms with E-state index >= 15 is 0 Å². The number of phenols is 1. The van der Waals surface area contributed by atoms with Crippen LogP contribution in [-0.2, 0) is 0 Å². The van der Waals surface area contributed by atoms with Crippen LogP contribution in [0.4, 0.5) is 0 Å². The number of benzene rings is 1. The molecule has 1 unspecified atom stereocenters. The highest BCUT2D eigenvalue weighted by atomic mass is 16.3. The average molecular weight is 194 g/mol. The van der Waals surface area contributed by atoms with E-state index in [1.54, 1.807) is 0 Å². The number of hydrogen-bond acceptors (Lipinski definition) is 2. The molecule has 78 valence electrons. The van der Waals surface area contributed by atoms with E-state index in [0.717, 1.165) is 16.7 Å². The second-order valence-electron chi connectivity index (χ2n) is 4.19. The summed E-state index contributed by atoms with van der Waals surface area (Å²) in [5.41, 5.74) is 2.52. The van der Waals surface area contributed by atoms with Crippen LogP contribution < -0.4 is 0 Å². The normalized spacial score (nSPS) is 13.3. The Bertz CT molecular complexity index is 306. The van der Waals surface area contributed by atoms with Crippen molar-refractivity contribution < 1.29 is 10.2 Å². The van der Waals surface area contributed by atoms with E-state index < -0.39 is 6.10 Å². The van der Waals surface area contributed by atoms with Gasteiger partial charge in [0.1, 0.15) is 5.75 Å². The molecular weight excluding hydrogens is 176 g/mol. The Kier molecular flexibility index (Phi) is 3.17. The molecule has 0 amide bonds. The summed E-state index contributed by atoms with van der Waals surface area (Å²) in [5, 5.41) is 19.4. The van der Waals surface area contributed by atoms with Crippen molar-refractivity contribution >= 4 is 0 Å². The number of aromatic hydroxyl groups is 1. The molecule has 0 aliphatic carbocycles. The summed E-state index contributed by atoms with van der Waals surface area (Å²) in [6, 6.07) is 3.68. The third-order valence-corrected chi connectivity index (χ3v) is 2.49. The molecule has 0 fully saturated rings. The number of aliphatic hydroxyl groups is 1. The third kappa shape index (κ3) is 2.07. The Morgan fingerprint density at radius 1 is 1.07 bits per heavy atom. The maximum absolute atomic E-state index is 9.86. The molecular formula is C12H18O2. The molecule has 1 aromatic carbocycles. The minimum absolute atomic E-state index is 0.193. The van der Waals surface area contributed by atoms with Gasteiger partial charge < -0.3 is 10.2 Å². The highest BCUT2D eigenvalue weighted by Gasteiger charge is 2.14. The van der Waals surface area contributed by atoms with Crippen molar-refractivity contribution in [2.75, 3.05) is 0 Å². The van der Waals surface area contributed by atoms with Gasteiger partial charge in [0.25, 0.3) is 0 Å². The Hall–Kier alpha value is -1.02. The van der Waals surface area contributed by atoms with Crippen LogP contribution in [0.3, 0.4) is 0 Å². The molecule has 0 spiro atoms. The van der Waals surface area contributed by atoms with Crippen LogP contribution in [0.2, 0.25) is 0 Å². The fourth-order valence-corrected chi connectivity index (χ4v) is 1.55. The maximum Gasteiger partial charge on any atom is 0.121 e. The molecule has 0 radical (unpaired) electrons. The third-order valence-electron chi connectivity index (χ3n) is 2.49. The van der Waals surface area contributed by atoms with Gasteiger partial charge in [-0.15, -0.1) is 0 Å². The fourth-order valence-electron chi connectivity index (χ4n) is 1.55. The zero-order chi connectivity index (χ0) is 10.9. The van der Waals surface area contributed by atoms with Crippen LogP contribution >= 0.6 is 0 Å². The van der Waals surface area contributed by atoms with Crippen LogP contribution in [0.1, 0.15) is 36.6 Å². The minimum Gasteiger partial charge on any atom is -0.507 e. The minimum atomic E-state index is -0.451. The second-order valence-corrected chi connectivity index (χ2v) is 4.19. The molecule has 2 heteroatoms. The Morgan fingerprint density at radius 2 is 1.50 bits per heavy atom. The summed E-state index contributed by atoms with van der Waals surface area (Å²) in [7, 11) is 0. The lowest BCUT2D eigenvalue weighted by atomic mass is 9.95. The Morgan fingerprint density at radius 3 is 1.86 bits per heavy atom. The molecule has 0 aromatic heterocycles. The molecule has 0 saturated carbocycles. The molecule has 0 saturated heterocycles. The van der Waals surface area contributed by atoms with Crippen LogP contribution in [-0.4, -0.2) is 10.2 Å². The number of aliphatic hydroxyl groups excluding tert-OH is 1. The van der Waals surface area contributed by atoms with Crippen molar-refractivity contribution in [1.29, 1.82) is 0 Å². The Labute approximate surface area is 85.2 Å². The lowest BCUT2D eigenvalue weighted by molar-refractivity contribution is 0.126. The first-order chi connectivity index (χ1) is 6.43. The van der Waals surface area contributed by atoms with Gasteiger partial charge in [-0.2, -0.15) is 0 Å². The molecule has 0 heterocycles. The second kappa shape index (κ2) is 4.01. The summed E-state index contributed by atoms with van der Waals surface area (Å²) < 4.78 is 0. The molecule has 1 aromatic rings. The maximum atomic E-state index is 9.86. The van der Waals surface area contributed by atoms with Gasteiger partial charge in [-0.25, -0.2) is 0 Å². The van der Waals surface area contributed by atoms with Gasteiger partial charge in [-0.3, -0.25) is 0 Å². The molecule has 14 heavy (non-hydrogen) atoms. The zero-order valence-electron chi connectivity index (χ0n) is 9.20. The van der Waals surface area contributed by atoms with Crippen molar-refractivity contribution in [3.8, 4) is 5.75 Å². The molecule has 0 bridgehead atoms. The Balaban J connectivity index is 3.12. The van der Waals surface area contributed by atoms with Crippen molar-refractivity contribution in [2.24, 2.45) is 5.92 Å². The van der Waals surface area contributed by atoms with Crippen molar-refractivity contribution in [3.05, 3.63) is 28.8 Å². The van der Waals surface area contributed by atoms with Crippen LogP contribution in [0.25, 0.3) is 0 Å². The summed E-state index contributed by atoms with van der Waals surface area (Å²) in [5.74, 6) is 0.517. The first-order valence-electron chi connectivity index (χ1n) is 4.91. The summed E-state index contributed by atoms with van der Waals surface area (Å²) in [6.45, 7) is 7.64. The topological polar surface area (TPSA) is 40.5 Å². The number of phenolic OH excluding ortho intramolecular Hbond substituents is 1. The van der Waals surface area contributed by atoms with Gasteiger partial charge in [0.05, 0.1) is 6.10 Å². The molecule has 0 aliphatic heterocycles. The van der Waals surface area contributed by atoms with Crippen LogP contribution in [0.15, 0.2) is 12.1 Å².